The zero-order valence-corrected chi connectivity index (χ0v) is 14.4. The Kier molecular flexibility index (Phi) is 5.62. The second kappa shape index (κ2) is 7.29. The molecule has 0 saturated heterocycles. The minimum absolute atomic E-state index is 0.0618. The van der Waals surface area contributed by atoms with Crippen LogP contribution in [0.15, 0.2) is 47.4 Å². The quantitative estimate of drug-likeness (QED) is 0.792. The van der Waals surface area contributed by atoms with Crippen LogP contribution in [0.4, 0.5) is 4.39 Å². The van der Waals surface area contributed by atoms with Crippen LogP contribution in [0.2, 0.25) is 5.02 Å². The molecule has 0 bridgehead atoms. The van der Waals surface area contributed by atoms with Gasteiger partial charge >= 0.3 is 0 Å². The number of hydrogen-bond donors (Lipinski definition) is 0. The molecule has 4 nitrogen and oxygen atoms in total. The van der Waals surface area contributed by atoms with Gasteiger partial charge in [-0.25, -0.2) is 12.8 Å². The maximum Gasteiger partial charge on any atom is 0.243 e. The summed E-state index contributed by atoms with van der Waals surface area (Å²) in [6.07, 6.45) is 0. The van der Waals surface area contributed by atoms with Crippen molar-refractivity contribution < 1.29 is 17.5 Å². The molecule has 0 fully saturated rings. The van der Waals surface area contributed by atoms with Crippen LogP contribution < -0.4 is 4.74 Å². The van der Waals surface area contributed by atoms with E-state index >= 15 is 0 Å². The van der Waals surface area contributed by atoms with E-state index in [1.54, 1.807) is 25.1 Å². The fourth-order valence-corrected chi connectivity index (χ4v) is 3.89. The van der Waals surface area contributed by atoms with Gasteiger partial charge in [0.25, 0.3) is 0 Å². The van der Waals surface area contributed by atoms with Crippen LogP contribution in [0.3, 0.4) is 0 Å². The second-order valence-corrected chi connectivity index (χ2v) is 7.23. The standard InChI is InChI=1S/C16H17ClFNO3S/c1-3-19(11-12-7-8-16(22-2)15(18)9-12)23(20,21)14-6-4-5-13(17)10-14/h4-10H,3,11H2,1-2H3. The van der Waals surface area contributed by atoms with E-state index in [1.165, 1.54) is 35.7 Å². The average Bonchev–Trinajstić information content (AvgIpc) is 2.52. The van der Waals surface area contributed by atoms with Crippen molar-refractivity contribution in [3.05, 3.63) is 58.9 Å². The lowest BCUT2D eigenvalue weighted by molar-refractivity contribution is 0.384. The molecule has 0 saturated carbocycles. The van der Waals surface area contributed by atoms with Crippen molar-refractivity contribution in [2.45, 2.75) is 18.4 Å². The Bertz CT molecular complexity index is 796. The summed E-state index contributed by atoms with van der Waals surface area (Å²) < 4.78 is 45.2. The van der Waals surface area contributed by atoms with E-state index in [-0.39, 0.29) is 23.7 Å². The SMILES string of the molecule is CCN(Cc1ccc(OC)c(F)c1)S(=O)(=O)c1cccc(Cl)c1. The van der Waals surface area contributed by atoms with Gasteiger partial charge in [0.1, 0.15) is 0 Å². The van der Waals surface area contributed by atoms with Gasteiger partial charge in [0.15, 0.2) is 11.6 Å². The Hall–Kier alpha value is -1.63. The number of halogens is 2. The van der Waals surface area contributed by atoms with Gasteiger partial charge in [-0.1, -0.05) is 30.7 Å². The lowest BCUT2D eigenvalue weighted by Crippen LogP contribution is -2.30. The van der Waals surface area contributed by atoms with Crippen molar-refractivity contribution in [1.29, 1.82) is 0 Å². The third kappa shape index (κ3) is 4.02. The van der Waals surface area contributed by atoms with E-state index in [1.807, 2.05) is 0 Å². The first-order valence-corrected chi connectivity index (χ1v) is 8.78. The van der Waals surface area contributed by atoms with Crippen LogP contribution in [-0.2, 0) is 16.6 Å². The maximum atomic E-state index is 13.8. The molecule has 7 heteroatoms. The first-order valence-electron chi connectivity index (χ1n) is 6.96. The summed E-state index contributed by atoms with van der Waals surface area (Å²) in [5.41, 5.74) is 0.538. The van der Waals surface area contributed by atoms with Gasteiger partial charge in [0, 0.05) is 18.1 Å². The highest BCUT2D eigenvalue weighted by molar-refractivity contribution is 7.89. The van der Waals surface area contributed by atoms with Crippen molar-refractivity contribution in [2.24, 2.45) is 0 Å². The summed E-state index contributed by atoms with van der Waals surface area (Å²) in [6.45, 7) is 2.04. The van der Waals surface area contributed by atoms with Crippen molar-refractivity contribution in [1.82, 2.24) is 4.31 Å². The highest BCUT2D eigenvalue weighted by atomic mass is 35.5. The van der Waals surface area contributed by atoms with E-state index in [0.717, 1.165) is 0 Å². The Balaban J connectivity index is 2.30. The molecule has 0 radical (unpaired) electrons. The summed E-state index contributed by atoms with van der Waals surface area (Å²) in [7, 11) is -2.33. The highest BCUT2D eigenvalue weighted by Gasteiger charge is 2.23. The molecule has 0 heterocycles. The highest BCUT2D eigenvalue weighted by Crippen LogP contribution is 2.23. The molecule has 0 atom stereocenters. The summed E-state index contributed by atoms with van der Waals surface area (Å²) in [6, 6.07) is 10.5. The van der Waals surface area contributed by atoms with Gasteiger partial charge in [-0.15, -0.1) is 0 Å². The monoisotopic (exact) mass is 357 g/mol. The van der Waals surface area contributed by atoms with E-state index < -0.39 is 15.8 Å². The van der Waals surface area contributed by atoms with Gasteiger partial charge in [-0.05, 0) is 35.9 Å². The minimum Gasteiger partial charge on any atom is -0.494 e. The number of ether oxygens (including phenoxy) is 1. The Morgan fingerprint density at radius 3 is 2.52 bits per heavy atom. The summed E-state index contributed by atoms with van der Waals surface area (Å²) in [5, 5.41) is 0.345. The Morgan fingerprint density at radius 2 is 1.96 bits per heavy atom. The van der Waals surface area contributed by atoms with E-state index in [0.29, 0.717) is 10.6 Å². The zero-order chi connectivity index (χ0) is 17.0. The number of sulfonamides is 1. The molecule has 0 N–H and O–H groups in total. The van der Waals surface area contributed by atoms with Gasteiger partial charge in [0.05, 0.1) is 12.0 Å². The molecule has 23 heavy (non-hydrogen) atoms. The fourth-order valence-electron chi connectivity index (χ4n) is 2.16. The molecular formula is C16H17ClFNO3S. The molecular weight excluding hydrogens is 341 g/mol. The first-order chi connectivity index (χ1) is 10.9. The van der Waals surface area contributed by atoms with Gasteiger partial charge in [-0.2, -0.15) is 4.31 Å². The van der Waals surface area contributed by atoms with Crippen LogP contribution in [-0.4, -0.2) is 26.4 Å². The van der Waals surface area contributed by atoms with Crippen LogP contribution >= 0.6 is 11.6 Å². The number of hydrogen-bond acceptors (Lipinski definition) is 3. The van der Waals surface area contributed by atoms with Gasteiger partial charge < -0.3 is 4.74 Å². The van der Waals surface area contributed by atoms with Gasteiger partial charge in [0.2, 0.25) is 10.0 Å². The molecule has 0 aliphatic rings. The number of nitrogens with zero attached hydrogens (tertiary/aromatic N) is 1. The number of benzene rings is 2. The molecule has 124 valence electrons. The molecule has 2 aromatic rings. The maximum absolute atomic E-state index is 13.8. The van der Waals surface area contributed by atoms with E-state index in [9.17, 15) is 12.8 Å². The Labute approximate surface area is 140 Å². The molecule has 0 spiro atoms. The second-order valence-electron chi connectivity index (χ2n) is 4.86. The third-order valence-corrected chi connectivity index (χ3v) is 5.51. The molecule has 0 aliphatic carbocycles. The summed E-state index contributed by atoms with van der Waals surface area (Å²) in [5.74, 6) is -0.407. The minimum atomic E-state index is -3.71. The summed E-state index contributed by atoms with van der Waals surface area (Å²) in [4.78, 5) is 0.112. The van der Waals surface area contributed by atoms with Crippen molar-refractivity contribution in [3.63, 3.8) is 0 Å². The van der Waals surface area contributed by atoms with Crippen LogP contribution in [0.5, 0.6) is 5.75 Å². The van der Waals surface area contributed by atoms with Crippen molar-refractivity contribution >= 4 is 21.6 Å². The molecule has 0 amide bonds. The normalized spacial score (nSPS) is 11.7. The van der Waals surface area contributed by atoms with E-state index in [2.05, 4.69) is 0 Å². The largest absolute Gasteiger partial charge is 0.494 e. The lowest BCUT2D eigenvalue weighted by Gasteiger charge is -2.21. The van der Waals surface area contributed by atoms with Crippen molar-refractivity contribution in [3.8, 4) is 5.75 Å². The number of methoxy groups -OCH3 is 1. The van der Waals surface area contributed by atoms with Crippen LogP contribution in [0.1, 0.15) is 12.5 Å². The van der Waals surface area contributed by atoms with Crippen LogP contribution in [0, 0.1) is 5.82 Å². The predicted octanol–water partition coefficient (Wildman–Crippen LogP) is 3.70. The molecule has 2 rings (SSSR count). The third-order valence-electron chi connectivity index (χ3n) is 3.36. The molecule has 0 aromatic heterocycles. The molecule has 0 unspecified atom stereocenters. The summed E-state index contributed by atoms with van der Waals surface area (Å²) >= 11 is 5.87. The lowest BCUT2D eigenvalue weighted by atomic mass is 10.2. The zero-order valence-electron chi connectivity index (χ0n) is 12.8. The molecule has 2 aromatic carbocycles. The first kappa shape index (κ1) is 17.7. The Morgan fingerprint density at radius 1 is 1.22 bits per heavy atom. The van der Waals surface area contributed by atoms with Crippen molar-refractivity contribution in [2.75, 3.05) is 13.7 Å². The van der Waals surface area contributed by atoms with Gasteiger partial charge in [-0.3, -0.25) is 0 Å². The fraction of sp³-hybridized carbons (Fsp3) is 0.250. The topological polar surface area (TPSA) is 46.6 Å². The number of rotatable bonds is 6. The smallest absolute Gasteiger partial charge is 0.243 e. The van der Waals surface area contributed by atoms with E-state index in [4.69, 9.17) is 16.3 Å². The predicted molar refractivity (Wildman–Crippen MR) is 87.7 cm³/mol. The average molecular weight is 358 g/mol. The molecule has 0 aliphatic heterocycles. The van der Waals surface area contributed by atoms with Crippen LogP contribution in [0.25, 0.3) is 0 Å².